The lowest BCUT2D eigenvalue weighted by atomic mass is 10.1. The second-order valence-electron chi connectivity index (χ2n) is 8.23. The molecule has 0 aliphatic carbocycles. The molecule has 3 aromatic carbocycles. The number of Topliss-reactive ketones (excluding diaryl/α,β-unsaturated/α-hetero) is 1. The number of anilines is 2. The van der Waals surface area contributed by atoms with Crippen molar-refractivity contribution < 1.29 is 18.8 Å². The molecule has 0 fully saturated rings. The molecule has 0 bridgehead atoms. The molecular weight excluding hydrogens is 463 g/mol. The van der Waals surface area contributed by atoms with Gasteiger partial charge < -0.3 is 5.32 Å². The number of rotatable bonds is 7. The largest absolute Gasteiger partial charge is 0.325 e. The van der Waals surface area contributed by atoms with Crippen LogP contribution in [0.1, 0.15) is 29.8 Å². The minimum atomic E-state index is -0.626. The van der Waals surface area contributed by atoms with Crippen LogP contribution in [0.5, 0.6) is 0 Å². The Labute approximate surface area is 206 Å². The molecule has 1 heterocycles. The maximum absolute atomic E-state index is 13.5. The smallest absolute Gasteiger partial charge is 0.294 e. The van der Waals surface area contributed by atoms with Gasteiger partial charge in [0.05, 0.1) is 17.6 Å². The summed E-state index contributed by atoms with van der Waals surface area (Å²) in [5.41, 5.74) is 1.68. The third-order valence-corrected chi connectivity index (χ3v) is 5.58. The Balaban J connectivity index is 1.71. The normalized spacial score (nSPS) is 10.8. The first-order valence-corrected chi connectivity index (χ1v) is 11.2. The molecule has 0 spiro atoms. The first-order valence-electron chi connectivity index (χ1n) is 11.2. The van der Waals surface area contributed by atoms with Gasteiger partial charge in [0, 0.05) is 18.2 Å². The van der Waals surface area contributed by atoms with Gasteiger partial charge in [-0.25, -0.2) is 9.37 Å². The molecule has 0 atom stereocenters. The van der Waals surface area contributed by atoms with Crippen molar-refractivity contribution in [3.8, 4) is 0 Å². The number of halogens is 1. The van der Waals surface area contributed by atoms with Crippen molar-refractivity contribution in [2.45, 2.75) is 26.9 Å². The number of hydrogen-bond donors (Lipinski definition) is 1. The van der Waals surface area contributed by atoms with Gasteiger partial charge in [-0.05, 0) is 48.9 Å². The molecule has 0 aliphatic rings. The van der Waals surface area contributed by atoms with Gasteiger partial charge in [0.15, 0.2) is 5.78 Å². The fraction of sp³-hybridized carbons (Fsp3) is 0.148. The molecule has 9 heteroatoms. The first-order chi connectivity index (χ1) is 17.2. The fourth-order valence-electron chi connectivity index (χ4n) is 3.78. The van der Waals surface area contributed by atoms with Crippen LogP contribution in [0.3, 0.4) is 0 Å². The van der Waals surface area contributed by atoms with Crippen LogP contribution in [-0.4, -0.2) is 27.1 Å². The van der Waals surface area contributed by atoms with Crippen LogP contribution in [0.15, 0.2) is 77.6 Å². The van der Waals surface area contributed by atoms with Crippen LogP contribution in [0.4, 0.5) is 15.9 Å². The lowest BCUT2D eigenvalue weighted by Crippen LogP contribution is -2.38. The van der Waals surface area contributed by atoms with E-state index >= 15 is 0 Å². The summed E-state index contributed by atoms with van der Waals surface area (Å²) in [5.74, 6) is -1.63. The number of hydrogen-bond acceptors (Lipinski definition) is 5. The number of carbonyl (C=O) groups excluding carboxylic acids is 3. The third-order valence-electron chi connectivity index (χ3n) is 5.58. The van der Waals surface area contributed by atoms with Crippen molar-refractivity contribution in [3.63, 3.8) is 0 Å². The summed E-state index contributed by atoms with van der Waals surface area (Å²) in [7, 11) is 0. The van der Waals surface area contributed by atoms with Crippen molar-refractivity contribution in [1.29, 1.82) is 0 Å². The summed E-state index contributed by atoms with van der Waals surface area (Å²) in [6, 6.07) is 18.9. The Kier molecular flexibility index (Phi) is 7.00. The zero-order valence-corrected chi connectivity index (χ0v) is 19.7. The van der Waals surface area contributed by atoms with Crippen molar-refractivity contribution in [3.05, 3.63) is 100 Å². The molecule has 2 amide bonds. The van der Waals surface area contributed by atoms with Crippen LogP contribution in [-0.2, 0) is 22.7 Å². The summed E-state index contributed by atoms with van der Waals surface area (Å²) >= 11 is 0. The van der Waals surface area contributed by atoms with Crippen LogP contribution >= 0.6 is 0 Å². The number of nitrogens with zero attached hydrogens (tertiary/aromatic N) is 3. The summed E-state index contributed by atoms with van der Waals surface area (Å²) < 4.78 is 14.6. The molecule has 0 saturated carbocycles. The third kappa shape index (κ3) is 5.35. The van der Waals surface area contributed by atoms with Crippen LogP contribution in [0, 0.1) is 5.82 Å². The number of amides is 2. The van der Waals surface area contributed by atoms with E-state index in [-0.39, 0.29) is 24.7 Å². The lowest BCUT2D eigenvalue weighted by molar-refractivity contribution is -0.117. The average molecular weight is 487 g/mol. The number of carbonyl (C=O) groups is 3. The summed E-state index contributed by atoms with van der Waals surface area (Å²) in [6.45, 7) is 2.39. The minimum Gasteiger partial charge on any atom is -0.325 e. The number of fused-ring (bicyclic) bond motifs is 1. The Morgan fingerprint density at radius 1 is 0.972 bits per heavy atom. The fourth-order valence-corrected chi connectivity index (χ4v) is 3.78. The number of nitrogens with one attached hydrogen (secondary N) is 1. The Hall–Kier alpha value is -4.66. The van der Waals surface area contributed by atoms with E-state index in [0.29, 0.717) is 27.8 Å². The molecule has 4 aromatic rings. The van der Waals surface area contributed by atoms with Gasteiger partial charge in [0.1, 0.15) is 12.4 Å². The zero-order valence-electron chi connectivity index (χ0n) is 19.7. The maximum atomic E-state index is 13.5. The molecule has 0 radical (unpaired) electrons. The standard InChI is InChI=1S/C27H23FN4O4/c1-17(33)20-6-5-7-22(14-20)29-25(35)16-32-24-9-4-3-8-23(24)30-26(27(32)36)31(18(2)34)15-19-10-12-21(28)13-11-19/h3-14H,15-16H2,1-2H3,(H,29,35). The van der Waals surface area contributed by atoms with Gasteiger partial charge in [0.2, 0.25) is 17.6 Å². The SMILES string of the molecule is CC(=O)c1cccc(NC(=O)Cn2c(=O)c(N(Cc3ccc(F)cc3)C(C)=O)nc3ccccc32)c1. The highest BCUT2D eigenvalue weighted by atomic mass is 19.1. The number of para-hydroxylation sites is 2. The number of ketones is 1. The van der Waals surface area contributed by atoms with E-state index in [4.69, 9.17) is 0 Å². The molecule has 8 nitrogen and oxygen atoms in total. The second kappa shape index (κ2) is 10.3. The monoisotopic (exact) mass is 486 g/mol. The zero-order chi connectivity index (χ0) is 25.8. The first kappa shape index (κ1) is 24.5. The summed E-state index contributed by atoms with van der Waals surface area (Å²) in [5, 5.41) is 2.71. The molecule has 4 rings (SSSR count). The van der Waals surface area contributed by atoms with Gasteiger partial charge in [-0.2, -0.15) is 0 Å². The average Bonchev–Trinajstić information content (AvgIpc) is 2.85. The lowest BCUT2D eigenvalue weighted by Gasteiger charge is -2.21. The van der Waals surface area contributed by atoms with E-state index in [1.807, 2.05) is 0 Å². The molecule has 36 heavy (non-hydrogen) atoms. The van der Waals surface area contributed by atoms with Gasteiger partial charge in [-0.15, -0.1) is 0 Å². The maximum Gasteiger partial charge on any atom is 0.294 e. The van der Waals surface area contributed by atoms with E-state index in [2.05, 4.69) is 10.3 Å². The molecule has 1 N–H and O–H groups in total. The molecule has 0 aliphatic heterocycles. The van der Waals surface area contributed by atoms with E-state index in [9.17, 15) is 23.6 Å². The van der Waals surface area contributed by atoms with Crippen molar-refractivity contribution >= 4 is 40.1 Å². The van der Waals surface area contributed by atoms with E-state index in [1.54, 1.807) is 48.5 Å². The Morgan fingerprint density at radius 2 is 1.69 bits per heavy atom. The van der Waals surface area contributed by atoms with Gasteiger partial charge in [-0.3, -0.25) is 28.6 Å². The van der Waals surface area contributed by atoms with Crippen molar-refractivity contribution in [1.82, 2.24) is 9.55 Å². The molecule has 0 unspecified atom stereocenters. The topological polar surface area (TPSA) is 101 Å². The summed E-state index contributed by atoms with van der Waals surface area (Å²) in [4.78, 5) is 56.2. The van der Waals surface area contributed by atoms with Crippen molar-refractivity contribution in [2.24, 2.45) is 0 Å². The van der Waals surface area contributed by atoms with Gasteiger partial charge in [-0.1, -0.05) is 36.4 Å². The second-order valence-corrected chi connectivity index (χ2v) is 8.23. The molecule has 182 valence electrons. The van der Waals surface area contributed by atoms with Crippen LogP contribution in [0.25, 0.3) is 11.0 Å². The van der Waals surface area contributed by atoms with Crippen LogP contribution < -0.4 is 15.8 Å². The molecule has 0 saturated heterocycles. The van der Waals surface area contributed by atoms with Gasteiger partial charge in [0.25, 0.3) is 5.56 Å². The molecule has 1 aromatic heterocycles. The van der Waals surface area contributed by atoms with E-state index < -0.39 is 23.2 Å². The minimum absolute atomic E-state index is 0.000227. The Morgan fingerprint density at radius 3 is 2.39 bits per heavy atom. The van der Waals surface area contributed by atoms with Crippen LogP contribution in [0.2, 0.25) is 0 Å². The number of benzene rings is 3. The van der Waals surface area contributed by atoms with Gasteiger partial charge >= 0.3 is 0 Å². The number of aromatic nitrogens is 2. The highest BCUT2D eigenvalue weighted by molar-refractivity contribution is 5.97. The predicted octanol–water partition coefficient (Wildman–Crippen LogP) is 3.93. The summed E-state index contributed by atoms with van der Waals surface area (Å²) in [6.07, 6.45) is 0. The highest BCUT2D eigenvalue weighted by Gasteiger charge is 2.22. The Bertz CT molecular complexity index is 1530. The van der Waals surface area contributed by atoms with Crippen molar-refractivity contribution in [2.75, 3.05) is 10.2 Å². The van der Waals surface area contributed by atoms with E-state index in [0.717, 1.165) is 0 Å². The predicted molar refractivity (Wildman–Crippen MR) is 134 cm³/mol. The van der Waals surface area contributed by atoms with E-state index in [1.165, 1.54) is 47.6 Å². The quantitative estimate of drug-likeness (QED) is 0.399. The molecular formula is C27H23FN4O4. The highest BCUT2D eigenvalue weighted by Crippen LogP contribution is 2.18.